The molecule has 0 aliphatic rings. The van der Waals surface area contributed by atoms with Crippen LogP contribution >= 0.6 is 0 Å². The first kappa shape index (κ1) is 6.39. The SMILES string of the molecule is CCc1cc2nnc(C)n2[nH]1. The van der Waals surface area contributed by atoms with Crippen LogP contribution in [0.1, 0.15) is 18.4 Å². The van der Waals surface area contributed by atoms with E-state index in [9.17, 15) is 0 Å². The van der Waals surface area contributed by atoms with Crippen LogP contribution in [-0.2, 0) is 6.42 Å². The van der Waals surface area contributed by atoms with E-state index in [0.717, 1.165) is 17.9 Å². The van der Waals surface area contributed by atoms with Gasteiger partial charge in [0.2, 0.25) is 0 Å². The number of fused-ring (bicyclic) bond motifs is 1. The molecule has 11 heavy (non-hydrogen) atoms. The minimum atomic E-state index is 0.902. The van der Waals surface area contributed by atoms with Gasteiger partial charge in [0, 0.05) is 11.8 Å². The molecule has 0 fully saturated rings. The third-order valence-electron chi connectivity index (χ3n) is 1.79. The third-order valence-corrected chi connectivity index (χ3v) is 1.79. The molecule has 0 atom stereocenters. The second kappa shape index (κ2) is 2.08. The highest BCUT2D eigenvalue weighted by Gasteiger charge is 2.02. The Balaban J connectivity index is 2.70. The maximum atomic E-state index is 3.97. The summed E-state index contributed by atoms with van der Waals surface area (Å²) in [6.07, 6.45) is 1.00. The molecule has 2 rings (SSSR count). The summed E-state index contributed by atoms with van der Waals surface area (Å²) in [6.45, 7) is 4.03. The van der Waals surface area contributed by atoms with Crippen molar-refractivity contribution in [1.82, 2.24) is 19.8 Å². The Morgan fingerprint density at radius 3 is 3.00 bits per heavy atom. The van der Waals surface area contributed by atoms with E-state index in [1.165, 1.54) is 5.69 Å². The first-order valence-corrected chi connectivity index (χ1v) is 3.71. The van der Waals surface area contributed by atoms with E-state index in [-0.39, 0.29) is 0 Å². The van der Waals surface area contributed by atoms with Gasteiger partial charge in [-0.15, -0.1) is 10.2 Å². The lowest BCUT2D eigenvalue weighted by Gasteiger charge is -1.87. The Kier molecular flexibility index (Phi) is 1.21. The van der Waals surface area contributed by atoms with Crippen molar-refractivity contribution in [2.75, 3.05) is 0 Å². The molecule has 1 N–H and O–H groups in total. The Morgan fingerprint density at radius 2 is 2.36 bits per heavy atom. The maximum Gasteiger partial charge on any atom is 0.177 e. The first-order chi connectivity index (χ1) is 5.31. The highest BCUT2D eigenvalue weighted by atomic mass is 15.4. The Morgan fingerprint density at radius 1 is 1.55 bits per heavy atom. The lowest BCUT2D eigenvalue weighted by Crippen LogP contribution is -1.89. The molecular formula is C7H10N4. The van der Waals surface area contributed by atoms with Crippen LogP contribution in [0.25, 0.3) is 5.65 Å². The van der Waals surface area contributed by atoms with E-state index in [1.54, 1.807) is 0 Å². The minimum Gasteiger partial charge on any atom is -0.295 e. The summed E-state index contributed by atoms with van der Waals surface area (Å²) in [7, 11) is 0. The fraction of sp³-hybridized carbons (Fsp3) is 0.429. The van der Waals surface area contributed by atoms with E-state index >= 15 is 0 Å². The molecule has 4 heteroatoms. The monoisotopic (exact) mass is 150 g/mol. The number of rotatable bonds is 1. The van der Waals surface area contributed by atoms with Crippen LogP contribution in [-0.4, -0.2) is 19.8 Å². The molecule has 0 bridgehead atoms. The Labute approximate surface area is 64.2 Å². The molecule has 0 amide bonds. The van der Waals surface area contributed by atoms with E-state index in [4.69, 9.17) is 0 Å². The number of aryl methyl sites for hydroxylation is 2. The zero-order valence-electron chi connectivity index (χ0n) is 6.63. The van der Waals surface area contributed by atoms with Gasteiger partial charge in [0.25, 0.3) is 0 Å². The predicted octanol–water partition coefficient (Wildman–Crippen LogP) is 0.928. The van der Waals surface area contributed by atoms with E-state index < -0.39 is 0 Å². The average molecular weight is 150 g/mol. The molecule has 0 saturated heterocycles. The van der Waals surface area contributed by atoms with Gasteiger partial charge < -0.3 is 0 Å². The summed E-state index contributed by atoms with van der Waals surface area (Å²) >= 11 is 0. The topological polar surface area (TPSA) is 46.0 Å². The van der Waals surface area contributed by atoms with Crippen molar-refractivity contribution in [2.45, 2.75) is 20.3 Å². The zero-order chi connectivity index (χ0) is 7.84. The van der Waals surface area contributed by atoms with Crippen molar-refractivity contribution in [3.05, 3.63) is 17.6 Å². The highest BCUT2D eigenvalue weighted by Crippen LogP contribution is 2.04. The van der Waals surface area contributed by atoms with Crippen LogP contribution in [0.5, 0.6) is 0 Å². The fourth-order valence-corrected chi connectivity index (χ4v) is 1.12. The van der Waals surface area contributed by atoms with E-state index in [2.05, 4.69) is 22.2 Å². The van der Waals surface area contributed by atoms with E-state index in [1.807, 2.05) is 17.5 Å². The largest absolute Gasteiger partial charge is 0.295 e. The van der Waals surface area contributed by atoms with Crippen LogP contribution in [0.2, 0.25) is 0 Å². The number of nitrogens with zero attached hydrogens (tertiary/aromatic N) is 3. The lowest BCUT2D eigenvalue weighted by atomic mass is 10.3. The van der Waals surface area contributed by atoms with Crippen molar-refractivity contribution < 1.29 is 0 Å². The Hall–Kier alpha value is -1.32. The van der Waals surface area contributed by atoms with Crippen LogP contribution < -0.4 is 0 Å². The second-order valence-corrected chi connectivity index (χ2v) is 2.58. The van der Waals surface area contributed by atoms with Gasteiger partial charge in [0.05, 0.1) is 0 Å². The number of H-pyrrole nitrogens is 1. The van der Waals surface area contributed by atoms with Gasteiger partial charge in [-0.2, -0.15) is 0 Å². The van der Waals surface area contributed by atoms with Gasteiger partial charge in [-0.25, -0.2) is 4.52 Å². The van der Waals surface area contributed by atoms with Gasteiger partial charge in [-0.05, 0) is 13.3 Å². The molecular weight excluding hydrogens is 140 g/mol. The molecule has 58 valence electrons. The summed E-state index contributed by atoms with van der Waals surface area (Å²) in [5.74, 6) is 0.903. The quantitative estimate of drug-likeness (QED) is 0.657. The van der Waals surface area contributed by atoms with Gasteiger partial charge in [0.15, 0.2) is 5.65 Å². The molecule has 2 heterocycles. The molecule has 0 aromatic carbocycles. The van der Waals surface area contributed by atoms with Crippen molar-refractivity contribution in [2.24, 2.45) is 0 Å². The summed E-state index contributed by atoms with van der Waals surface area (Å²) in [5, 5.41) is 11.1. The molecule has 2 aromatic rings. The molecule has 0 saturated carbocycles. The first-order valence-electron chi connectivity index (χ1n) is 3.71. The second-order valence-electron chi connectivity index (χ2n) is 2.58. The highest BCUT2D eigenvalue weighted by molar-refractivity contribution is 5.38. The summed E-state index contributed by atoms with van der Waals surface area (Å²) in [5.41, 5.74) is 2.09. The summed E-state index contributed by atoms with van der Waals surface area (Å²) in [4.78, 5) is 0. The summed E-state index contributed by atoms with van der Waals surface area (Å²) in [6, 6.07) is 2.01. The molecule has 4 nitrogen and oxygen atoms in total. The van der Waals surface area contributed by atoms with Crippen LogP contribution in [0.4, 0.5) is 0 Å². The Bertz CT molecular complexity index is 371. The van der Waals surface area contributed by atoms with Crippen molar-refractivity contribution in [1.29, 1.82) is 0 Å². The van der Waals surface area contributed by atoms with Crippen molar-refractivity contribution in [3.8, 4) is 0 Å². The van der Waals surface area contributed by atoms with Gasteiger partial charge in [-0.1, -0.05) is 6.92 Å². The van der Waals surface area contributed by atoms with Crippen LogP contribution in [0, 0.1) is 6.92 Å². The third kappa shape index (κ3) is 0.824. The van der Waals surface area contributed by atoms with Gasteiger partial charge >= 0.3 is 0 Å². The zero-order valence-corrected chi connectivity index (χ0v) is 6.63. The average Bonchev–Trinajstić information content (AvgIpc) is 2.53. The van der Waals surface area contributed by atoms with Crippen molar-refractivity contribution in [3.63, 3.8) is 0 Å². The number of hydrogen-bond donors (Lipinski definition) is 1. The molecule has 0 aliphatic carbocycles. The predicted molar refractivity (Wildman–Crippen MR) is 41.5 cm³/mol. The van der Waals surface area contributed by atoms with Crippen molar-refractivity contribution >= 4 is 5.65 Å². The number of aromatic nitrogens is 4. The smallest absolute Gasteiger partial charge is 0.177 e. The van der Waals surface area contributed by atoms with Gasteiger partial charge in [-0.3, -0.25) is 5.10 Å². The number of aromatic amines is 1. The standard InChI is InChI=1S/C7H10N4/c1-3-6-4-7-9-8-5(2)11(7)10-6/h4,10H,3H2,1-2H3. The normalized spacial score (nSPS) is 11.1. The fourth-order valence-electron chi connectivity index (χ4n) is 1.12. The van der Waals surface area contributed by atoms with Crippen LogP contribution in [0.3, 0.4) is 0 Å². The maximum absolute atomic E-state index is 3.97. The number of hydrogen-bond acceptors (Lipinski definition) is 2. The molecule has 0 aliphatic heterocycles. The number of nitrogens with one attached hydrogen (secondary N) is 1. The van der Waals surface area contributed by atoms with Crippen LogP contribution in [0.15, 0.2) is 6.07 Å². The molecule has 0 radical (unpaired) electrons. The minimum absolute atomic E-state index is 0.902. The lowest BCUT2D eigenvalue weighted by molar-refractivity contribution is 0.853. The summed E-state index contributed by atoms with van der Waals surface area (Å²) < 4.78 is 1.89. The van der Waals surface area contributed by atoms with Gasteiger partial charge in [0.1, 0.15) is 5.82 Å². The molecule has 0 unspecified atom stereocenters. The molecule has 0 spiro atoms. The van der Waals surface area contributed by atoms with E-state index in [0.29, 0.717) is 0 Å². The molecule has 2 aromatic heterocycles.